The monoisotopic (exact) mass is 616 g/mol. The summed E-state index contributed by atoms with van der Waals surface area (Å²) in [5.41, 5.74) is 3.18. The van der Waals surface area contributed by atoms with Crippen LogP contribution in [-0.4, -0.2) is 73.2 Å². The van der Waals surface area contributed by atoms with Crippen LogP contribution in [0.5, 0.6) is 0 Å². The number of amides is 3. The van der Waals surface area contributed by atoms with Crippen LogP contribution < -0.4 is 5.32 Å². The highest BCUT2D eigenvalue weighted by Crippen LogP contribution is 2.33. The van der Waals surface area contributed by atoms with Gasteiger partial charge in [0.05, 0.1) is 17.4 Å². The predicted molar refractivity (Wildman–Crippen MR) is 170 cm³/mol. The predicted octanol–water partition coefficient (Wildman–Crippen LogP) is 6.23. The van der Waals surface area contributed by atoms with E-state index >= 15 is 0 Å². The van der Waals surface area contributed by atoms with Gasteiger partial charge in [0.25, 0.3) is 0 Å². The Kier molecular flexibility index (Phi) is 9.18. The van der Waals surface area contributed by atoms with E-state index in [1.54, 1.807) is 11.1 Å². The van der Waals surface area contributed by atoms with Gasteiger partial charge < -0.3 is 19.8 Å². The summed E-state index contributed by atoms with van der Waals surface area (Å²) in [7, 11) is 0. The molecule has 2 aliphatic rings. The van der Waals surface area contributed by atoms with E-state index in [2.05, 4.69) is 15.3 Å². The number of aromatic amines is 1. The standard InChI is InChI=1S/C34H44N6O5/c1-33(2,3)44-31(42)39-17-7-9-27(39)29-36-21-26(38-29)24-15-16-25(35-20-24)23-13-11-22(12-14-23)19-37-30(41)28-10-8-18-40(28)32(43)45-34(4,5)6/h11-16,20-21,27-28H,7-10,17-19H2,1-6H3,(H,36,38)(H,37,41)/t27-,28-/m0/s1. The van der Waals surface area contributed by atoms with Gasteiger partial charge in [0.1, 0.15) is 23.1 Å². The molecular formula is C34H44N6O5. The molecule has 11 heteroatoms. The normalized spacial score (nSPS) is 18.6. The molecule has 11 nitrogen and oxygen atoms in total. The first-order valence-electron chi connectivity index (χ1n) is 15.7. The second-order valence-electron chi connectivity index (χ2n) is 13.7. The molecular weight excluding hydrogens is 572 g/mol. The minimum atomic E-state index is -0.609. The van der Waals surface area contributed by atoms with Crippen LogP contribution in [0.2, 0.25) is 0 Å². The number of H-pyrrole nitrogens is 1. The third kappa shape index (κ3) is 8.01. The number of aromatic nitrogens is 3. The van der Waals surface area contributed by atoms with Gasteiger partial charge in [-0.3, -0.25) is 19.6 Å². The van der Waals surface area contributed by atoms with E-state index in [1.165, 1.54) is 4.90 Å². The number of carbonyl (C=O) groups is 3. The second kappa shape index (κ2) is 12.9. The number of hydrogen-bond donors (Lipinski definition) is 2. The first-order chi connectivity index (χ1) is 21.3. The van der Waals surface area contributed by atoms with Crippen molar-refractivity contribution in [3.8, 4) is 22.5 Å². The van der Waals surface area contributed by atoms with Gasteiger partial charge >= 0.3 is 12.2 Å². The number of hydrogen-bond acceptors (Lipinski definition) is 7. The molecule has 2 atom stereocenters. The van der Waals surface area contributed by atoms with E-state index < -0.39 is 23.3 Å². The molecule has 3 amide bonds. The van der Waals surface area contributed by atoms with Gasteiger partial charge in [0, 0.05) is 43.2 Å². The number of likely N-dealkylation sites (tertiary alicyclic amines) is 2. The molecule has 2 aliphatic heterocycles. The lowest BCUT2D eigenvalue weighted by Crippen LogP contribution is -2.47. The van der Waals surface area contributed by atoms with Crippen molar-refractivity contribution in [2.75, 3.05) is 13.1 Å². The Morgan fingerprint density at radius 1 is 0.844 bits per heavy atom. The molecule has 2 N–H and O–H groups in total. The topological polar surface area (TPSA) is 130 Å². The smallest absolute Gasteiger partial charge is 0.410 e. The first kappa shape index (κ1) is 32.0. The molecule has 2 aromatic heterocycles. The van der Waals surface area contributed by atoms with Crippen molar-refractivity contribution in [2.24, 2.45) is 0 Å². The second-order valence-corrected chi connectivity index (χ2v) is 13.7. The lowest BCUT2D eigenvalue weighted by Gasteiger charge is -2.28. The minimum Gasteiger partial charge on any atom is -0.444 e. The van der Waals surface area contributed by atoms with E-state index in [1.807, 2.05) is 84.1 Å². The van der Waals surface area contributed by atoms with Gasteiger partial charge in [-0.15, -0.1) is 0 Å². The van der Waals surface area contributed by atoms with Crippen LogP contribution in [0.15, 0.2) is 48.8 Å². The van der Waals surface area contributed by atoms with Crippen molar-refractivity contribution in [1.82, 2.24) is 30.1 Å². The molecule has 0 aliphatic carbocycles. The average molecular weight is 617 g/mol. The zero-order valence-corrected chi connectivity index (χ0v) is 27.1. The first-order valence-corrected chi connectivity index (χ1v) is 15.7. The molecule has 1 aromatic carbocycles. The Morgan fingerprint density at radius 3 is 2.11 bits per heavy atom. The summed E-state index contributed by atoms with van der Waals surface area (Å²) in [5, 5.41) is 2.97. The maximum absolute atomic E-state index is 12.9. The van der Waals surface area contributed by atoms with Crippen LogP contribution in [0.25, 0.3) is 22.5 Å². The fraction of sp³-hybridized carbons (Fsp3) is 0.500. The van der Waals surface area contributed by atoms with Crippen LogP contribution in [0.1, 0.15) is 84.7 Å². The summed E-state index contributed by atoms with van der Waals surface area (Å²) >= 11 is 0. The number of ether oxygens (including phenoxy) is 2. The fourth-order valence-corrected chi connectivity index (χ4v) is 5.64. The van der Waals surface area contributed by atoms with Crippen molar-refractivity contribution in [1.29, 1.82) is 0 Å². The Bertz CT molecular complexity index is 1500. The number of rotatable bonds is 6. The summed E-state index contributed by atoms with van der Waals surface area (Å²) < 4.78 is 11.1. The molecule has 45 heavy (non-hydrogen) atoms. The number of carbonyl (C=O) groups excluding carboxylic acids is 3. The highest BCUT2D eigenvalue weighted by Gasteiger charge is 2.37. The zero-order chi connectivity index (χ0) is 32.4. The van der Waals surface area contributed by atoms with Crippen LogP contribution >= 0.6 is 0 Å². The molecule has 0 bridgehead atoms. The van der Waals surface area contributed by atoms with Crippen LogP contribution in [0.4, 0.5) is 9.59 Å². The highest BCUT2D eigenvalue weighted by molar-refractivity contribution is 5.86. The minimum absolute atomic E-state index is 0.147. The Morgan fingerprint density at radius 2 is 1.47 bits per heavy atom. The highest BCUT2D eigenvalue weighted by atomic mass is 16.6. The third-order valence-electron chi connectivity index (χ3n) is 7.75. The van der Waals surface area contributed by atoms with Crippen molar-refractivity contribution in [3.63, 3.8) is 0 Å². The van der Waals surface area contributed by atoms with E-state index in [0.717, 1.165) is 53.2 Å². The quantitative estimate of drug-likeness (QED) is 0.336. The van der Waals surface area contributed by atoms with Gasteiger partial charge in [-0.25, -0.2) is 14.6 Å². The van der Waals surface area contributed by atoms with Gasteiger partial charge in [-0.1, -0.05) is 24.3 Å². The molecule has 2 saturated heterocycles. The van der Waals surface area contributed by atoms with Gasteiger partial charge in [0.15, 0.2) is 0 Å². The van der Waals surface area contributed by atoms with E-state index in [-0.39, 0.29) is 18.0 Å². The van der Waals surface area contributed by atoms with Crippen LogP contribution in [0.3, 0.4) is 0 Å². The summed E-state index contributed by atoms with van der Waals surface area (Å²) in [4.78, 5) is 54.2. The molecule has 0 saturated carbocycles. The summed E-state index contributed by atoms with van der Waals surface area (Å²) in [6.07, 6.45) is 5.99. The average Bonchev–Trinajstić information content (AvgIpc) is 3.75. The number of nitrogens with one attached hydrogen (secondary N) is 2. The van der Waals surface area contributed by atoms with Crippen LogP contribution in [-0.2, 0) is 20.8 Å². The van der Waals surface area contributed by atoms with Crippen molar-refractivity contribution in [2.45, 2.75) is 97.1 Å². The third-order valence-corrected chi connectivity index (χ3v) is 7.75. The van der Waals surface area contributed by atoms with Gasteiger partial charge in [-0.05, 0) is 84.9 Å². The number of benzene rings is 1. The lowest BCUT2D eigenvalue weighted by atomic mass is 10.1. The largest absolute Gasteiger partial charge is 0.444 e. The zero-order valence-electron chi connectivity index (χ0n) is 27.1. The van der Waals surface area contributed by atoms with E-state index in [9.17, 15) is 14.4 Å². The molecule has 5 rings (SSSR count). The Balaban J connectivity index is 1.17. The van der Waals surface area contributed by atoms with E-state index in [4.69, 9.17) is 14.5 Å². The van der Waals surface area contributed by atoms with Gasteiger partial charge in [-0.2, -0.15) is 0 Å². The summed E-state index contributed by atoms with van der Waals surface area (Å²) in [5.74, 6) is 0.567. The Labute approximate surface area is 264 Å². The fourth-order valence-electron chi connectivity index (χ4n) is 5.64. The lowest BCUT2D eigenvalue weighted by molar-refractivity contribution is -0.125. The molecule has 0 radical (unpaired) electrons. The SMILES string of the molecule is CC(C)(C)OC(=O)N1CCC[C@H]1C(=O)NCc1ccc(-c2ccc(-c3c[nH]c([C@@H]4CCCN4C(=O)OC(C)(C)C)n3)cn2)cc1. The number of pyridine rings is 1. The van der Waals surface area contributed by atoms with E-state index in [0.29, 0.717) is 26.1 Å². The van der Waals surface area contributed by atoms with Crippen molar-refractivity contribution >= 4 is 18.1 Å². The van der Waals surface area contributed by atoms with Crippen molar-refractivity contribution < 1.29 is 23.9 Å². The Hall–Kier alpha value is -4.41. The van der Waals surface area contributed by atoms with Gasteiger partial charge in [0.2, 0.25) is 5.91 Å². The molecule has 3 aromatic rings. The number of nitrogens with zero attached hydrogens (tertiary/aromatic N) is 4. The molecule has 2 fully saturated rings. The molecule has 0 spiro atoms. The summed E-state index contributed by atoms with van der Waals surface area (Å²) in [6.45, 7) is 12.6. The summed E-state index contributed by atoms with van der Waals surface area (Å²) in [6, 6.07) is 11.1. The maximum Gasteiger partial charge on any atom is 0.410 e. The molecule has 4 heterocycles. The number of imidazole rings is 1. The van der Waals surface area contributed by atoms with Crippen LogP contribution in [0, 0.1) is 0 Å². The maximum atomic E-state index is 12.9. The molecule has 0 unspecified atom stereocenters. The molecule has 240 valence electrons. The van der Waals surface area contributed by atoms with Crippen molar-refractivity contribution in [3.05, 3.63) is 60.2 Å².